The molecule has 1 fully saturated rings. The van der Waals surface area contributed by atoms with Crippen molar-refractivity contribution in [1.82, 2.24) is 4.90 Å². The molecule has 0 aromatic carbocycles. The maximum absolute atomic E-state index is 12.4. The normalized spacial score (nSPS) is 17.4. The Hall–Kier alpha value is -1.04. The second-order valence-electron chi connectivity index (χ2n) is 5.07. The van der Waals surface area contributed by atoms with Crippen molar-refractivity contribution in [1.29, 1.82) is 5.26 Å². The van der Waals surface area contributed by atoms with Crippen LogP contribution in [0.3, 0.4) is 0 Å². The molecule has 0 aliphatic heterocycles. The minimum atomic E-state index is -0.679. The molecule has 1 rings (SSSR count). The van der Waals surface area contributed by atoms with Crippen LogP contribution in [0.4, 0.5) is 0 Å². The van der Waals surface area contributed by atoms with Crippen LogP contribution in [0, 0.1) is 22.7 Å². The van der Waals surface area contributed by atoms with E-state index in [2.05, 4.69) is 19.9 Å². The molecule has 0 unspecified atom stereocenters. The van der Waals surface area contributed by atoms with E-state index in [1.54, 1.807) is 0 Å². The highest BCUT2D eigenvalue weighted by Crippen LogP contribution is 2.42. The Morgan fingerprint density at radius 3 is 2.24 bits per heavy atom. The lowest BCUT2D eigenvalue weighted by molar-refractivity contribution is -0.143. The minimum absolute atomic E-state index is 0.0700. The number of rotatable bonds is 6. The Morgan fingerprint density at radius 1 is 1.35 bits per heavy atom. The summed E-state index contributed by atoms with van der Waals surface area (Å²) in [5, 5.41) is 9.20. The van der Waals surface area contributed by atoms with E-state index in [-0.39, 0.29) is 5.91 Å². The van der Waals surface area contributed by atoms with Gasteiger partial charge in [-0.25, -0.2) is 0 Å². The Kier molecular flexibility index (Phi) is 4.99. The zero-order chi connectivity index (χ0) is 12.9. The predicted octanol–water partition coefficient (Wildman–Crippen LogP) is 2.96. The first kappa shape index (κ1) is 14.0. The lowest BCUT2D eigenvalue weighted by atomic mass is 9.69. The van der Waals surface area contributed by atoms with Crippen LogP contribution in [0.5, 0.6) is 0 Å². The number of carbonyl (C=O) groups excluding carboxylic acids is 1. The van der Waals surface area contributed by atoms with Crippen molar-refractivity contribution >= 4 is 5.91 Å². The van der Waals surface area contributed by atoms with Crippen LogP contribution in [0.2, 0.25) is 0 Å². The number of hydrogen-bond acceptors (Lipinski definition) is 2. The summed E-state index contributed by atoms with van der Waals surface area (Å²) in [7, 11) is 0. The molecule has 1 saturated carbocycles. The third-order valence-electron chi connectivity index (χ3n) is 4.13. The summed E-state index contributed by atoms with van der Waals surface area (Å²) in [4.78, 5) is 14.3. The van der Waals surface area contributed by atoms with Crippen molar-refractivity contribution in [3.05, 3.63) is 0 Å². The molecule has 1 amide bonds. The average Bonchev–Trinajstić information content (AvgIpc) is 2.30. The standard InChI is InChI=1S/C14H24N2O/c1-4-12(5-2)10-16(6-3)13(17)14(11-15)8-7-9-14/h12H,4-10H2,1-3H3. The van der Waals surface area contributed by atoms with Gasteiger partial charge in [-0.2, -0.15) is 5.26 Å². The summed E-state index contributed by atoms with van der Waals surface area (Å²) >= 11 is 0. The van der Waals surface area contributed by atoms with E-state index >= 15 is 0 Å². The van der Waals surface area contributed by atoms with Crippen molar-refractivity contribution in [2.24, 2.45) is 11.3 Å². The molecule has 1 aliphatic rings. The van der Waals surface area contributed by atoms with Gasteiger partial charge >= 0.3 is 0 Å². The fourth-order valence-corrected chi connectivity index (χ4v) is 2.42. The van der Waals surface area contributed by atoms with Crippen LogP contribution >= 0.6 is 0 Å². The fraction of sp³-hybridized carbons (Fsp3) is 0.857. The van der Waals surface area contributed by atoms with E-state index in [1.165, 1.54) is 0 Å². The second kappa shape index (κ2) is 6.05. The van der Waals surface area contributed by atoms with E-state index in [1.807, 2.05) is 11.8 Å². The predicted molar refractivity (Wildman–Crippen MR) is 68.2 cm³/mol. The molecule has 0 N–H and O–H groups in total. The van der Waals surface area contributed by atoms with Crippen LogP contribution in [-0.4, -0.2) is 23.9 Å². The summed E-state index contributed by atoms with van der Waals surface area (Å²) in [6.45, 7) is 7.86. The first-order valence-electron chi connectivity index (χ1n) is 6.84. The smallest absolute Gasteiger partial charge is 0.243 e. The van der Waals surface area contributed by atoms with Gasteiger partial charge in [0.15, 0.2) is 0 Å². The van der Waals surface area contributed by atoms with E-state index in [0.29, 0.717) is 5.92 Å². The summed E-state index contributed by atoms with van der Waals surface area (Å²) in [6.07, 6.45) is 4.71. The molecule has 0 aromatic heterocycles. The van der Waals surface area contributed by atoms with Gasteiger partial charge in [0, 0.05) is 13.1 Å². The molecule has 0 saturated heterocycles. The largest absolute Gasteiger partial charge is 0.341 e. The van der Waals surface area contributed by atoms with Crippen LogP contribution < -0.4 is 0 Å². The van der Waals surface area contributed by atoms with E-state index < -0.39 is 5.41 Å². The Balaban J connectivity index is 2.67. The Labute approximate surface area is 105 Å². The van der Waals surface area contributed by atoms with Crippen molar-refractivity contribution in [2.45, 2.75) is 52.9 Å². The van der Waals surface area contributed by atoms with E-state index in [9.17, 15) is 10.1 Å². The van der Waals surface area contributed by atoms with Gasteiger partial charge in [0.2, 0.25) is 5.91 Å². The van der Waals surface area contributed by atoms with Crippen molar-refractivity contribution in [3.8, 4) is 6.07 Å². The minimum Gasteiger partial charge on any atom is -0.341 e. The summed E-state index contributed by atoms with van der Waals surface area (Å²) < 4.78 is 0. The maximum atomic E-state index is 12.4. The maximum Gasteiger partial charge on any atom is 0.243 e. The average molecular weight is 236 g/mol. The Morgan fingerprint density at radius 2 is 1.94 bits per heavy atom. The number of nitriles is 1. The molecule has 0 bridgehead atoms. The highest BCUT2D eigenvalue weighted by atomic mass is 16.2. The number of carbonyl (C=O) groups is 1. The number of amides is 1. The van der Waals surface area contributed by atoms with Gasteiger partial charge in [-0.05, 0) is 32.1 Å². The van der Waals surface area contributed by atoms with Gasteiger partial charge in [0.05, 0.1) is 6.07 Å². The van der Waals surface area contributed by atoms with E-state index in [4.69, 9.17) is 0 Å². The molecule has 0 spiro atoms. The van der Waals surface area contributed by atoms with Gasteiger partial charge < -0.3 is 4.90 Å². The molecule has 17 heavy (non-hydrogen) atoms. The molecule has 0 radical (unpaired) electrons. The monoisotopic (exact) mass is 236 g/mol. The number of hydrogen-bond donors (Lipinski definition) is 0. The zero-order valence-corrected chi connectivity index (χ0v) is 11.3. The van der Waals surface area contributed by atoms with Crippen LogP contribution in [-0.2, 0) is 4.79 Å². The summed E-state index contributed by atoms with van der Waals surface area (Å²) in [5.41, 5.74) is -0.679. The summed E-state index contributed by atoms with van der Waals surface area (Å²) in [6, 6.07) is 2.25. The Bertz CT molecular complexity index is 298. The molecule has 0 aromatic rings. The molecule has 1 aliphatic carbocycles. The number of nitrogens with zero attached hydrogens (tertiary/aromatic N) is 2. The van der Waals surface area contributed by atoms with Crippen LogP contribution in [0.25, 0.3) is 0 Å². The van der Waals surface area contributed by atoms with Gasteiger partial charge in [-0.15, -0.1) is 0 Å². The highest BCUT2D eigenvalue weighted by Gasteiger charge is 2.46. The molecule has 0 heterocycles. The lowest BCUT2D eigenvalue weighted by Crippen LogP contribution is -2.48. The van der Waals surface area contributed by atoms with Crippen molar-refractivity contribution < 1.29 is 4.79 Å². The third-order valence-corrected chi connectivity index (χ3v) is 4.13. The second-order valence-corrected chi connectivity index (χ2v) is 5.07. The zero-order valence-electron chi connectivity index (χ0n) is 11.3. The molecular weight excluding hydrogens is 212 g/mol. The molecule has 3 nitrogen and oxygen atoms in total. The first-order valence-corrected chi connectivity index (χ1v) is 6.84. The van der Waals surface area contributed by atoms with Crippen LogP contribution in [0.1, 0.15) is 52.9 Å². The molecule has 3 heteroatoms. The first-order chi connectivity index (χ1) is 8.13. The van der Waals surface area contributed by atoms with Gasteiger partial charge in [-0.3, -0.25) is 4.79 Å². The van der Waals surface area contributed by atoms with Crippen molar-refractivity contribution in [3.63, 3.8) is 0 Å². The SMILES string of the molecule is CCC(CC)CN(CC)C(=O)C1(C#N)CCC1. The van der Waals surface area contributed by atoms with Crippen LogP contribution in [0.15, 0.2) is 0 Å². The summed E-state index contributed by atoms with van der Waals surface area (Å²) in [5.74, 6) is 0.635. The molecule has 0 atom stereocenters. The van der Waals surface area contributed by atoms with Gasteiger partial charge in [0.1, 0.15) is 5.41 Å². The molecular formula is C14H24N2O. The molecule has 96 valence electrons. The van der Waals surface area contributed by atoms with Crippen molar-refractivity contribution in [2.75, 3.05) is 13.1 Å². The fourth-order valence-electron chi connectivity index (χ4n) is 2.42. The highest BCUT2D eigenvalue weighted by molar-refractivity contribution is 5.86. The topological polar surface area (TPSA) is 44.1 Å². The van der Waals surface area contributed by atoms with Gasteiger partial charge in [-0.1, -0.05) is 26.7 Å². The quantitative estimate of drug-likeness (QED) is 0.711. The third kappa shape index (κ3) is 2.80. The van der Waals surface area contributed by atoms with Gasteiger partial charge in [0.25, 0.3) is 0 Å². The van der Waals surface area contributed by atoms with E-state index in [0.717, 1.165) is 45.2 Å². The lowest BCUT2D eigenvalue weighted by Gasteiger charge is -2.38.